The van der Waals surface area contributed by atoms with Gasteiger partial charge in [0.15, 0.2) is 0 Å². The summed E-state index contributed by atoms with van der Waals surface area (Å²) in [6, 6.07) is 15.7. The van der Waals surface area contributed by atoms with E-state index in [0.717, 1.165) is 12.8 Å². The molecule has 0 aromatic heterocycles. The molecule has 3 N–H and O–H groups in total. The molecule has 1 aliphatic rings. The van der Waals surface area contributed by atoms with E-state index in [1.165, 1.54) is 22.3 Å². The standard InChI is InChI=1S/C22H25NO4/c23-20(12-2-1-3-13-21(24)25)22(26)27-14-19-17-10-6-4-8-15(17)16-9-5-7-11-18(16)19/h4-11,19-20H,1-3,12-14,23H2,(H,24,25). The molecule has 0 radical (unpaired) electrons. The Balaban J connectivity index is 1.54. The molecule has 0 bridgehead atoms. The molecule has 3 rings (SSSR count). The molecule has 2 aromatic carbocycles. The van der Waals surface area contributed by atoms with Crippen LogP contribution in [-0.2, 0) is 14.3 Å². The Bertz CT molecular complexity index is 772. The molecule has 142 valence electrons. The van der Waals surface area contributed by atoms with E-state index in [4.69, 9.17) is 15.6 Å². The number of rotatable bonds is 9. The van der Waals surface area contributed by atoms with E-state index < -0.39 is 18.0 Å². The lowest BCUT2D eigenvalue weighted by atomic mass is 9.98. The van der Waals surface area contributed by atoms with E-state index >= 15 is 0 Å². The highest BCUT2D eigenvalue weighted by Gasteiger charge is 2.29. The van der Waals surface area contributed by atoms with Crippen LogP contribution in [0.1, 0.15) is 49.1 Å². The number of hydrogen-bond donors (Lipinski definition) is 2. The van der Waals surface area contributed by atoms with Crippen LogP contribution in [0.2, 0.25) is 0 Å². The fourth-order valence-electron chi connectivity index (χ4n) is 3.65. The van der Waals surface area contributed by atoms with Crippen molar-refractivity contribution in [2.24, 2.45) is 5.73 Å². The number of hydrogen-bond acceptors (Lipinski definition) is 4. The molecular formula is C22H25NO4. The first-order valence-electron chi connectivity index (χ1n) is 9.40. The number of esters is 1. The highest BCUT2D eigenvalue weighted by atomic mass is 16.5. The number of benzene rings is 2. The number of ether oxygens (including phenoxy) is 1. The molecule has 5 heteroatoms. The maximum atomic E-state index is 12.3. The predicted molar refractivity (Wildman–Crippen MR) is 103 cm³/mol. The minimum Gasteiger partial charge on any atom is -0.481 e. The molecular weight excluding hydrogens is 342 g/mol. The first-order valence-corrected chi connectivity index (χ1v) is 9.40. The van der Waals surface area contributed by atoms with Gasteiger partial charge in [-0.05, 0) is 35.1 Å². The predicted octanol–water partition coefficient (Wildman–Crippen LogP) is 3.70. The second-order valence-corrected chi connectivity index (χ2v) is 6.96. The molecule has 0 amide bonds. The van der Waals surface area contributed by atoms with Gasteiger partial charge in [0.1, 0.15) is 12.6 Å². The van der Waals surface area contributed by atoms with E-state index in [1.807, 2.05) is 24.3 Å². The van der Waals surface area contributed by atoms with Crippen LogP contribution in [0.25, 0.3) is 11.1 Å². The van der Waals surface area contributed by atoms with E-state index in [9.17, 15) is 9.59 Å². The summed E-state index contributed by atoms with van der Waals surface area (Å²) in [5.41, 5.74) is 10.7. The molecule has 0 heterocycles. The van der Waals surface area contributed by atoms with Crippen LogP contribution >= 0.6 is 0 Å². The van der Waals surface area contributed by atoms with E-state index in [2.05, 4.69) is 24.3 Å². The Hall–Kier alpha value is -2.66. The number of carbonyl (C=O) groups is 2. The van der Waals surface area contributed by atoms with Gasteiger partial charge in [-0.2, -0.15) is 0 Å². The molecule has 5 nitrogen and oxygen atoms in total. The summed E-state index contributed by atoms with van der Waals surface area (Å²) < 4.78 is 5.54. The third-order valence-electron chi connectivity index (χ3n) is 5.06. The molecule has 1 aliphatic carbocycles. The number of carboxylic acids is 1. The van der Waals surface area contributed by atoms with Gasteiger partial charge in [-0.25, -0.2) is 0 Å². The van der Waals surface area contributed by atoms with E-state index in [0.29, 0.717) is 12.8 Å². The zero-order valence-electron chi connectivity index (χ0n) is 15.3. The van der Waals surface area contributed by atoms with Gasteiger partial charge in [-0.1, -0.05) is 61.4 Å². The largest absolute Gasteiger partial charge is 0.481 e. The number of nitrogens with two attached hydrogens (primary N) is 1. The molecule has 0 saturated carbocycles. The van der Waals surface area contributed by atoms with Crippen molar-refractivity contribution in [1.29, 1.82) is 0 Å². The van der Waals surface area contributed by atoms with Crippen molar-refractivity contribution in [2.45, 2.75) is 44.1 Å². The smallest absolute Gasteiger partial charge is 0.322 e. The molecule has 1 unspecified atom stereocenters. The lowest BCUT2D eigenvalue weighted by Crippen LogP contribution is -2.33. The Morgan fingerprint density at radius 2 is 1.56 bits per heavy atom. The van der Waals surface area contributed by atoms with E-state index in [-0.39, 0.29) is 18.9 Å². The number of carbonyl (C=O) groups excluding carboxylic acids is 1. The number of carboxylic acid groups (broad SMARTS) is 1. The van der Waals surface area contributed by atoms with Crippen molar-refractivity contribution in [3.63, 3.8) is 0 Å². The first kappa shape index (κ1) is 19.1. The third kappa shape index (κ3) is 4.55. The summed E-state index contributed by atoms with van der Waals surface area (Å²) in [7, 11) is 0. The average molecular weight is 367 g/mol. The highest BCUT2D eigenvalue weighted by Crippen LogP contribution is 2.44. The fourth-order valence-corrected chi connectivity index (χ4v) is 3.65. The number of aliphatic carboxylic acids is 1. The minimum atomic E-state index is -0.796. The monoisotopic (exact) mass is 367 g/mol. The SMILES string of the molecule is NC(CCCCCC(=O)O)C(=O)OCC1c2ccccc2-c2ccccc21. The Morgan fingerprint density at radius 3 is 2.15 bits per heavy atom. The van der Waals surface area contributed by atoms with Crippen LogP contribution in [-0.4, -0.2) is 29.7 Å². The van der Waals surface area contributed by atoms with E-state index in [1.54, 1.807) is 0 Å². The average Bonchev–Trinajstić information content (AvgIpc) is 2.99. The van der Waals surface area contributed by atoms with Crippen LogP contribution in [0.4, 0.5) is 0 Å². The molecule has 0 fully saturated rings. The second kappa shape index (κ2) is 8.82. The van der Waals surface area contributed by atoms with Crippen LogP contribution in [0.5, 0.6) is 0 Å². The molecule has 27 heavy (non-hydrogen) atoms. The van der Waals surface area contributed by atoms with Crippen molar-refractivity contribution in [3.05, 3.63) is 59.7 Å². The Morgan fingerprint density at radius 1 is 0.963 bits per heavy atom. The fraction of sp³-hybridized carbons (Fsp3) is 0.364. The molecule has 0 spiro atoms. The zero-order valence-corrected chi connectivity index (χ0v) is 15.3. The Labute approximate surface area is 159 Å². The maximum absolute atomic E-state index is 12.3. The van der Waals surface area contributed by atoms with Gasteiger partial charge in [-0.15, -0.1) is 0 Å². The summed E-state index contributed by atoms with van der Waals surface area (Å²) in [6.07, 6.45) is 2.73. The summed E-state index contributed by atoms with van der Waals surface area (Å²) in [4.78, 5) is 22.7. The maximum Gasteiger partial charge on any atom is 0.322 e. The molecule has 0 saturated heterocycles. The van der Waals surface area contributed by atoms with Gasteiger partial charge >= 0.3 is 11.9 Å². The van der Waals surface area contributed by atoms with Gasteiger partial charge in [0.05, 0.1) is 0 Å². The van der Waals surface area contributed by atoms with Gasteiger partial charge in [0, 0.05) is 12.3 Å². The third-order valence-corrected chi connectivity index (χ3v) is 5.06. The van der Waals surface area contributed by atoms with Crippen molar-refractivity contribution in [3.8, 4) is 11.1 Å². The quantitative estimate of drug-likeness (QED) is 0.521. The van der Waals surface area contributed by atoms with Gasteiger partial charge in [0.25, 0.3) is 0 Å². The van der Waals surface area contributed by atoms with Gasteiger partial charge in [-0.3, -0.25) is 9.59 Å². The summed E-state index contributed by atoms with van der Waals surface area (Å²) in [6.45, 7) is 0.277. The summed E-state index contributed by atoms with van der Waals surface area (Å²) in [5.74, 6) is -1.16. The molecule has 1 atom stereocenters. The van der Waals surface area contributed by atoms with Crippen LogP contribution in [0.15, 0.2) is 48.5 Å². The Kier molecular flexibility index (Phi) is 6.24. The highest BCUT2D eigenvalue weighted by molar-refractivity contribution is 5.79. The summed E-state index contributed by atoms with van der Waals surface area (Å²) >= 11 is 0. The van der Waals surface area contributed by atoms with Crippen LogP contribution in [0, 0.1) is 0 Å². The lowest BCUT2D eigenvalue weighted by Gasteiger charge is -2.16. The van der Waals surface area contributed by atoms with Crippen molar-refractivity contribution >= 4 is 11.9 Å². The van der Waals surface area contributed by atoms with Gasteiger partial charge < -0.3 is 15.6 Å². The number of fused-ring (bicyclic) bond motifs is 3. The minimum absolute atomic E-state index is 0.0316. The van der Waals surface area contributed by atoms with Crippen molar-refractivity contribution in [2.75, 3.05) is 6.61 Å². The van der Waals surface area contributed by atoms with Gasteiger partial charge in [0.2, 0.25) is 0 Å². The topological polar surface area (TPSA) is 89.6 Å². The van der Waals surface area contributed by atoms with Crippen molar-refractivity contribution < 1.29 is 19.4 Å². The first-order chi connectivity index (χ1) is 13.1. The van der Waals surface area contributed by atoms with Crippen LogP contribution < -0.4 is 5.73 Å². The lowest BCUT2D eigenvalue weighted by molar-refractivity contribution is -0.145. The van der Waals surface area contributed by atoms with Crippen molar-refractivity contribution in [1.82, 2.24) is 0 Å². The summed E-state index contributed by atoms with van der Waals surface area (Å²) in [5, 5.41) is 8.62. The molecule has 2 aromatic rings. The normalized spacial score (nSPS) is 13.7. The second-order valence-electron chi connectivity index (χ2n) is 6.96. The molecule has 0 aliphatic heterocycles. The number of unbranched alkanes of at least 4 members (excludes halogenated alkanes) is 2. The van der Waals surface area contributed by atoms with Crippen LogP contribution in [0.3, 0.4) is 0 Å². The zero-order chi connectivity index (χ0) is 19.2.